The maximum atomic E-state index is 12.4. The summed E-state index contributed by atoms with van der Waals surface area (Å²) in [5.74, 6) is 0.313. The molecule has 1 saturated carbocycles. The third-order valence-corrected chi connectivity index (χ3v) is 6.05. The van der Waals surface area contributed by atoms with Crippen molar-refractivity contribution in [2.45, 2.75) is 69.4 Å². The molecule has 3 atom stereocenters. The van der Waals surface area contributed by atoms with Gasteiger partial charge in [-0.25, -0.2) is 4.79 Å². The zero-order valence-electron chi connectivity index (χ0n) is 14.8. The van der Waals surface area contributed by atoms with Crippen molar-refractivity contribution in [3.8, 4) is 0 Å². The predicted octanol–water partition coefficient (Wildman–Crippen LogP) is 3.35. The Morgan fingerprint density at radius 1 is 1.26 bits per heavy atom. The molecule has 5 nitrogen and oxygen atoms in total. The highest BCUT2D eigenvalue weighted by Crippen LogP contribution is 2.59. The Bertz CT molecular complexity index is 465. The first-order chi connectivity index (χ1) is 10.5. The molecule has 132 valence electrons. The second-order valence-electron chi connectivity index (χ2n) is 8.06. The van der Waals surface area contributed by atoms with Crippen LogP contribution in [0.4, 0.5) is 4.79 Å². The van der Waals surface area contributed by atoms with E-state index in [9.17, 15) is 9.59 Å². The monoisotopic (exact) mass is 436 g/mol. The van der Waals surface area contributed by atoms with E-state index in [1.54, 1.807) is 4.90 Å². The minimum Gasteiger partial charge on any atom is -0.444 e. The maximum Gasteiger partial charge on any atom is 0.410 e. The van der Waals surface area contributed by atoms with Gasteiger partial charge in [-0.2, -0.15) is 0 Å². The Morgan fingerprint density at radius 3 is 2.30 bits per heavy atom. The average molecular weight is 436 g/mol. The predicted molar refractivity (Wildman–Crippen MR) is 98.7 cm³/mol. The van der Waals surface area contributed by atoms with E-state index in [1.165, 1.54) is 0 Å². The van der Waals surface area contributed by atoms with Crippen molar-refractivity contribution in [3.63, 3.8) is 0 Å². The fraction of sp³-hybridized carbons (Fsp3) is 0.882. The number of amides is 2. The normalized spacial score (nSPS) is 25.7. The highest BCUT2D eigenvalue weighted by Gasteiger charge is 2.59. The van der Waals surface area contributed by atoms with Crippen LogP contribution in [0.25, 0.3) is 0 Å². The summed E-state index contributed by atoms with van der Waals surface area (Å²) in [5.41, 5.74) is -0.336. The summed E-state index contributed by atoms with van der Waals surface area (Å²) in [4.78, 5) is 26.3. The fourth-order valence-electron chi connectivity index (χ4n) is 3.17. The van der Waals surface area contributed by atoms with Gasteiger partial charge in [0.1, 0.15) is 5.60 Å². The van der Waals surface area contributed by atoms with Crippen LogP contribution < -0.4 is 5.32 Å². The largest absolute Gasteiger partial charge is 0.444 e. The van der Waals surface area contributed by atoms with Gasteiger partial charge in [0.05, 0.1) is 0 Å². The molecule has 0 aromatic heterocycles. The lowest BCUT2D eigenvalue weighted by Gasteiger charge is -2.34. The van der Waals surface area contributed by atoms with Crippen LogP contribution >= 0.6 is 22.6 Å². The molecular formula is C17H29IN2O3. The number of halogens is 1. The summed E-state index contributed by atoms with van der Waals surface area (Å²) < 4.78 is 5.84. The first-order valence-electron chi connectivity index (χ1n) is 8.46. The zero-order chi connectivity index (χ0) is 17.4. The number of carbonyl (C=O) groups is 2. The van der Waals surface area contributed by atoms with Gasteiger partial charge in [0, 0.05) is 29.0 Å². The van der Waals surface area contributed by atoms with Gasteiger partial charge in [-0.05, 0) is 52.4 Å². The van der Waals surface area contributed by atoms with Crippen LogP contribution in [0, 0.1) is 11.3 Å². The molecule has 0 aromatic rings. The minimum absolute atomic E-state index is 0.122. The van der Waals surface area contributed by atoms with Gasteiger partial charge in [0.25, 0.3) is 0 Å². The van der Waals surface area contributed by atoms with Gasteiger partial charge >= 0.3 is 6.09 Å². The topological polar surface area (TPSA) is 58.6 Å². The summed E-state index contributed by atoms with van der Waals surface area (Å²) in [6.45, 7) is 11.2. The number of rotatable bonds is 3. The third kappa shape index (κ3) is 4.73. The summed E-state index contributed by atoms with van der Waals surface area (Å²) in [5, 5.41) is 3.13. The van der Waals surface area contributed by atoms with Crippen molar-refractivity contribution in [1.82, 2.24) is 10.2 Å². The van der Waals surface area contributed by atoms with E-state index in [0.29, 0.717) is 17.0 Å². The lowest BCUT2D eigenvalue weighted by Crippen LogP contribution is -2.44. The Morgan fingerprint density at radius 2 is 1.83 bits per heavy atom. The molecule has 1 N–H and O–H groups in total. The van der Waals surface area contributed by atoms with E-state index in [0.717, 1.165) is 19.3 Å². The molecule has 2 aliphatic rings. The summed E-state index contributed by atoms with van der Waals surface area (Å²) in [7, 11) is 0. The van der Waals surface area contributed by atoms with E-state index in [-0.39, 0.29) is 29.4 Å². The Hall–Kier alpha value is -0.530. The number of piperidine rings is 1. The summed E-state index contributed by atoms with van der Waals surface area (Å²) >= 11 is 2.34. The van der Waals surface area contributed by atoms with E-state index < -0.39 is 5.60 Å². The van der Waals surface area contributed by atoms with Gasteiger partial charge in [-0.3, -0.25) is 4.79 Å². The van der Waals surface area contributed by atoms with Crippen LogP contribution in [0.3, 0.4) is 0 Å². The molecule has 1 aliphatic carbocycles. The molecule has 2 fully saturated rings. The van der Waals surface area contributed by atoms with Crippen LogP contribution in [-0.4, -0.2) is 45.6 Å². The molecule has 0 radical (unpaired) electrons. The van der Waals surface area contributed by atoms with E-state index in [1.807, 2.05) is 20.8 Å². The maximum absolute atomic E-state index is 12.4. The second-order valence-corrected chi connectivity index (χ2v) is 10.0. The van der Waals surface area contributed by atoms with Crippen LogP contribution in [-0.2, 0) is 9.53 Å². The molecule has 23 heavy (non-hydrogen) atoms. The molecule has 1 heterocycles. The number of hydrogen-bond acceptors (Lipinski definition) is 3. The third-order valence-electron chi connectivity index (χ3n) is 4.98. The molecule has 1 saturated heterocycles. The molecule has 0 bridgehead atoms. The minimum atomic E-state index is -0.458. The van der Waals surface area contributed by atoms with Crippen LogP contribution in [0.1, 0.15) is 53.9 Å². The van der Waals surface area contributed by atoms with Crippen molar-refractivity contribution in [2.75, 3.05) is 13.1 Å². The molecule has 1 aliphatic heterocycles. The highest BCUT2D eigenvalue weighted by atomic mass is 127. The highest BCUT2D eigenvalue weighted by molar-refractivity contribution is 14.1. The van der Waals surface area contributed by atoms with Crippen LogP contribution in [0.2, 0.25) is 0 Å². The number of nitrogens with zero attached hydrogens (tertiary/aromatic N) is 1. The number of hydrogen-bond donors (Lipinski definition) is 1. The van der Waals surface area contributed by atoms with Gasteiger partial charge in [0.2, 0.25) is 5.91 Å². The van der Waals surface area contributed by atoms with E-state index >= 15 is 0 Å². The molecule has 2 amide bonds. The van der Waals surface area contributed by atoms with Crippen molar-refractivity contribution < 1.29 is 14.3 Å². The Balaban J connectivity index is 1.81. The first-order valence-corrected chi connectivity index (χ1v) is 9.71. The molecule has 0 aromatic carbocycles. The van der Waals surface area contributed by atoms with Crippen molar-refractivity contribution in [1.29, 1.82) is 0 Å². The SMILES string of the molecule is CC(I)[C@H](C)NC(=O)C1CC12CCN(C(=O)OC(C)(C)C)CC2. The molecule has 2 unspecified atom stereocenters. The van der Waals surface area contributed by atoms with Crippen molar-refractivity contribution in [2.24, 2.45) is 11.3 Å². The van der Waals surface area contributed by atoms with Gasteiger partial charge < -0.3 is 15.0 Å². The van der Waals surface area contributed by atoms with Gasteiger partial charge in [-0.1, -0.05) is 29.5 Å². The van der Waals surface area contributed by atoms with Crippen molar-refractivity contribution in [3.05, 3.63) is 0 Å². The molecule has 1 spiro atoms. The number of ether oxygens (including phenoxy) is 1. The summed E-state index contributed by atoms with van der Waals surface area (Å²) in [6.07, 6.45) is 2.53. The fourth-order valence-corrected chi connectivity index (χ4v) is 3.35. The summed E-state index contributed by atoms with van der Waals surface area (Å²) in [6, 6.07) is 0.197. The Kier molecular flexibility index (Phi) is 5.53. The van der Waals surface area contributed by atoms with Crippen molar-refractivity contribution >= 4 is 34.6 Å². The molecule has 6 heteroatoms. The number of nitrogens with one attached hydrogen (secondary N) is 1. The quantitative estimate of drug-likeness (QED) is 0.546. The number of likely N-dealkylation sites (tertiary alicyclic amines) is 1. The second kappa shape index (κ2) is 6.76. The number of alkyl halides is 1. The smallest absolute Gasteiger partial charge is 0.410 e. The van der Waals surface area contributed by atoms with Crippen LogP contribution in [0.5, 0.6) is 0 Å². The molecule has 2 rings (SSSR count). The number of carbonyl (C=O) groups excluding carboxylic acids is 2. The first kappa shape index (κ1) is 18.8. The van der Waals surface area contributed by atoms with E-state index in [4.69, 9.17) is 4.74 Å². The lowest BCUT2D eigenvalue weighted by molar-refractivity contribution is -0.123. The lowest BCUT2D eigenvalue weighted by atomic mass is 9.90. The Labute approximate surface area is 153 Å². The van der Waals surface area contributed by atoms with E-state index in [2.05, 4.69) is 41.8 Å². The average Bonchev–Trinajstić information content (AvgIpc) is 3.11. The zero-order valence-corrected chi connectivity index (χ0v) is 17.0. The van der Waals surface area contributed by atoms with Gasteiger partial charge in [-0.15, -0.1) is 0 Å². The van der Waals surface area contributed by atoms with Crippen LogP contribution in [0.15, 0.2) is 0 Å². The molecular weight excluding hydrogens is 407 g/mol. The van der Waals surface area contributed by atoms with Gasteiger partial charge in [0.15, 0.2) is 0 Å². The standard InChI is InChI=1S/C17H29IN2O3/c1-11(18)12(2)19-14(21)13-10-17(13)6-8-20(9-7-17)15(22)23-16(3,4)5/h11-13H,6-10H2,1-5H3,(H,19,21)/t11?,12-,13?/m0/s1.